The summed E-state index contributed by atoms with van der Waals surface area (Å²) in [6.45, 7) is 4.63. The van der Waals surface area contributed by atoms with Gasteiger partial charge in [-0.25, -0.2) is 0 Å². The molecule has 24 heavy (non-hydrogen) atoms. The van der Waals surface area contributed by atoms with Crippen molar-refractivity contribution in [1.82, 2.24) is 15.1 Å². The molecule has 1 aliphatic carbocycles. The van der Waals surface area contributed by atoms with Gasteiger partial charge in [0.05, 0.1) is 13.1 Å². The van der Waals surface area contributed by atoms with Crippen molar-refractivity contribution in [2.24, 2.45) is 5.92 Å². The normalized spacial score (nSPS) is 29.2. The van der Waals surface area contributed by atoms with Crippen LogP contribution in [-0.2, 0) is 9.59 Å². The van der Waals surface area contributed by atoms with Crippen LogP contribution < -0.4 is 5.32 Å². The smallest absolute Gasteiger partial charge is 0.317 e. The summed E-state index contributed by atoms with van der Waals surface area (Å²) in [5, 5.41) is 12.1. The number of nitrogens with one attached hydrogen (secondary N) is 1. The molecule has 1 amide bonds. The number of amides is 1. The average Bonchev–Trinajstić information content (AvgIpc) is 2.74. The molecule has 6 heteroatoms. The highest BCUT2D eigenvalue weighted by Gasteiger charge is 2.24. The first-order valence-corrected chi connectivity index (χ1v) is 9.37. The Morgan fingerprint density at radius 1 is 1.12 bits per heavy atom. The van der Waals surface area contributed by atoms with Gasteiger partial charge in [-0.3, -0.25) is 19.4 Å². The van der Waals surface area contributed by atoms with Crippen molar-refractivity contribution in [2.45, 2.75) is 64.0 Å². The van der Waals surface area contributed by atoms with Gasteiger partial charge in [0.2, 0.25) is 5.91 Å². The maximum absolute atomic E-state index is 12.3. The third-order valence-corrected chi connectivity index (χ3v) is 5.55. The van der Waals surface area contributed by atoms with E-state index in [9.17, 15) is 9.59 Å². The lowest BCUT2D eigenvalue weighted by Gasteiger charge is -2.28. The standard InChI is InChI=1S/C18H33N3O3/c1-14-5-7-15(8-6-14)19-17(22)12-21-10-3-4-16(9-11-21)20(2)13-18(23)24/h14-16H,3-13H2,1-2H3,(H,19,22)(H,23,24). The van der Waals surface area contributed by atoms with E-state index in [1.807, 2.05) is 11.9 Å². The minimum atomic E-state index is -0.778. The van der Waals surface area contributed by atoms with Gasteiger partial charge in [0.25, 0.3) is 0 Å². The molecule has 2 rings (SSSR count). The maximum atomic E-state index is 12.3. The third-order valence-electron chi connectivity index (χ3n) is 5.55. The molecule has 1 atom stereocenters. The fourth-order valence-corrected chi connectivity index (χ4v) is 3.96. The van der Waals surface area contributed by atoms with Crippen LogP contribution in [0.3, 0.4) is 0 Å². The van der Waals surface area contributed by atoms with Gasteiger partial charge in [0.1, 0.15) is 0 Å². The van der Waals surface area contributed by atoms with Crippen LogP contribution in [-0.4, -0.2) is 72.1 Å². The summed E-state index contributed by atoms with van der Waals surface area (Å²) in [6.07, 6.45) is 7.59. The number of likely N-dealkylation sites (N-methyl/N-ethyl adjacent to an activating group) is 1. The van der Waals surface area contributed by atoms with Crippen LogP contribution >= 0.6 is 0 Å². The molecule has 2 aliphatic rings. The Kier molecular flexibility index (Phi) is 7.49. The van der Waals surface area contributed by atoms with Crippen molar-refractivity contribution >= 4 is 11.9 Å². The van der Waals surface area contributed by atoms with E-state index in [-0.39, 0.29) is 12.5 Å². The Bertz CT molecular complexity index is 422. The second-order valence-electron chi connectivity index (χ2n) is 7.69. The number of carbonyl (C=O) groups excluding carboxylic acids is 1. The molecule has 2 fully saturated rings. The minimum Gasteiger partial charge on any atom is -0.480 e. The number of nitrogens with zero attached hydrogens (tertiary/aromatic N) is 2. The number of rotatable bonds is 6. The predicted molar refractivity (Wildman–Crippen MR) is 93.9 cm³/mol. The van der Waals surface area contributed by atoms with Crippen LogP contribution in [0.2, 0.25) is 0 Å². The fourth-order valence-electron chi connectivity index (χ4n) is 3.96. The van der Waals surface area contributed by atoms with E-state index in [2.05, 4.69) is 17.1 Å². The summed E-state index contributed by atoms with van der Waals surface area (Å²) < 4.78 is 0. The van der Waals surface area contributed by atoms with Crippen molar-refractivity contribution in [3.8, 4) is 0 Å². The molecule has 6 nitrogen and oxygen atoms in total. The molecule has 2 N–H and O–H groups in total. The molecule has 0 aromatic carbocycles. The van der Waals surface area contributed by atoms with Crippen LogP contribution in [0.4, 0.5) is 0 Å². The van der Waals surface area contributed by atoms with Crippen LogP contribution in [0, 0.1) is 5.92 Å². The summed E-state index contributed by atoms with van der Waals surface area (Å²) in [4.78, 5) is 27.3. The van der Waals surface area contributed by atoms with Crippen LogP contribution in [0.1, 0.15) is 51.9 Å². The molecule has 0 spiro atoms. The van der Waals surface area contributed by atoms with Crippen molar-refractivity contribution in [3.63, 3.8) is 0 Å². The second-order valence-corrected chi connectivity index (χ2v) is 7.69. The van der Waals surface area contributed by atoms with E-state index < -0.39 is 5.97 Å². The zero-order valence-corrected chi connectivity index (χ0v) is 15.2. The zero-order valence-electron chi connectivity index (χ0n) is 15.2. The summed E-state index contributed by atoms with van der Waals surface area (Å²) in [5.74, 6) is 0.162. The van der Waals surface area contributed by atoms with E-state index in [0.717, 1.165) is 51.1 Å². The molecule has 1 heterocycles. The Morgan fingerprint density at radius 2 is 1.83 bits per heavy atom. The summed E-state index contributed by atoms with van der Waals surface area (Å²) in [7, 11) is 1.88. The quantitative estimate of drug-likeness (QED) is 0.768. The lowest BCUT2D eigenvalue weighted by molar-refractivity contribution is -0.138. The molecule has 0 aromatic heterocycles. The Balaban J connectivity index is 1.71. The number of hydrogen-bond acceptors (Lipinski definition) is 4. The largest absolute Gasteiger partial charge is 0.480 e. The molecule has 0 bridgehead atoms. The zero-order chi connectivity index (χ0) is 17.5. The average molecular weight is 339 g/mol. The van der Waals surface area contributed by atoms with Crippen LogP contribution in [0.25, 0.3) is 0 Å². The van der Waals surface area contributed by atoms with Crippen molar-refractivity contribution in [2.75, 3.05) is 33.2 Å². The summed E-state index contributed by atoms with van der Waals surface area (Å²) >= 11 is 0. The molecule has 1 unspecified atom stereocenters. The highest BCUT2D eigenvalue weighted by Crippen LogP contribution is 2.23. The molecule has 0 aromatic rings. The highest BCUT2D eigenvalue weighted by molar-refractivity contribution is 5.78. The molecule has 1 saturated carbocycles. The van der Waals surface area contributed by atoms with Crippen molar-refractivity contribution < 1.29 is 14.7 Å². The predicted octanol–water partition coefficient (Wildman–Crippen LogP) is 1.55. The summed E-state index contributed by atoms with van der Waals surface area (Å²) in [6, 6.07) is 0.657. The van der Waals surface area contributed by atoms with Gasteiger partial charge in [-0.2, -0.15) is 0 Å². The van der Waals surface area contributed by atoms with E-state index in [0.29, 0.717) is 18.6 Å². The topological polar surface area (TPSA) is 72.9 Å². The van der Waals surface area contributed by atoms with Gasteiger partial charge in [-0.05, 0) is 64.5 Å². The van der Waals surface area contributed by atoms with Gasteiger partial charge in [-0.1, -0.05) is 6.92 Å². The first kappa shape index (κ1) is 19.2. The molecule has 0 radical (unpaired) electrons. The number of aliphatic carboxylic acids is 1. The SMILES string of the molecule is CC1CCC(NC(=O)CN2CCCC(N(C)CC(=O)O)CC2)CC1. The second kappa shape index (κ2) is 9.37. The van der Waals surface area contributed by atoms with Crippen molar-refractivity contribution in [3.05, 3.63) is 0 Å². The fraction of sp³-hybridized carbons (Fsp3) is 0.889. The lowest BCUT2D eigenvalue weighted by atomic mass is 9.87. The Hall–Kier alpha value is -1.14. The van der Waals surface area contributed by atoms with Gasteiger partial charge < -0.3 is 10.4 Å². The van der Waals surface area contributed by atoms with Gasteiger partial charge in [0.15, 0.2) is 0 Å². The van der Waals surface area contributed by atoms with E-state index >= 15 is 0 Å². The number of carboxylic acids is 1. The van der Waals surface area contributed by atoms with Gasteiger partial charge in [-0.15, -0.1) is 0 Å². The van der Waals surface area contributed by atoms with E-state index in [1.54, 1.807) is 0 Å². The van der Waals surface area contributed by atoms with Gasteiger partial charge in [0, 0.05) is 18.6 Å². The number of likely N-dealkylation sites (tertiary alicyclic amines) is 1. The number of carboxylic acid groups (broad SMARTS) is 1. The molecular formula is C18H33N3O3. The number of carbonyl (C=O) groups is 2. The summed E-state index contributed by atoms with van der Waals surface area (Å²) in [5.41, 5.74) is 0. The minimum absolute atomic E-state index is 0.0885. The van der Waals surface area contributed by atoms with Gasteiger partial charge >= 0.3 is 5.97 Å². The maximum Gasteiger partial charge on any atom is 0.317 e. The Labute approximate surface area is 145 Å². The first-order valence-electron chi connectivity index (χ1n) is 9.37. The lowest BCUT2D eigenvalue weighted by Crippen LogP contribution is -2.44. The number of hydrogen-bond donors (Lipinski definition) is 2. The molecular weight excluding hydrogens is 306 g/mol. The monoisotopic (exact) mass is 339 g/mol. The molecule has 1 saturated heterocycles. The van der Waals surface area contributed by atoms with E-state index in [4.69, 9.17) is 5.11 Å². The highest BCUT2D eigenvalue weighted by atomic mass is 16.4. The van der Waals surface area contributed by atoms with Crippen LogP contribution in [0.15, 0.2) is 0 Å². The Morgan fingerprint density at radius 3 is 2.50 bits per heavy atom. The first-order chi connectivity index (χ1) is 11.4. The van der Waals surface area contributed by atoms with E-state index in [1.165, 1.54) is 12.8 Å². The van der Waals surface area contributed by atoms with Crippen LogP contribution in [0.5, 0.6) is 0 Å². The molecule has 138 valence electrons. The van der Waals surface area contributed by atoms with Crippen molar-refractivity contribution in [1.29, 1.82) is 0 Å². The third kappa shape index (κ3) is 6.40. The molecule has 1 aliphatic heterocycles.